The van der Waals surface area contributed by atoms with Crippen LogP contribution < -0.4 is 10.6 Å². The van der Waals surface area contributed by atoms with Crippen LogP contribution in [0.2, 0.25) is 0 Å². The van der Waals surface area contributed by atoms with Gasteiger partial charge in [-0.2, -0.15) is 0 Å². The molecule has 1 aliphatic carbocycles. The molecule has 1 saturated carbocycles. The first-order chi connectivity index (χ1) is 11.7. The van der Waals surface area contributed by atoms with Crippen molar-refractivity contribution in [3.8, 4) is 0 Å². The summed E-state index contributed by atoms with van der Waals surface area (Å²) in [6, 6.07) is 0. The van der Waals surface area contributed by atoms with Gasteiger partial charge >= 0.3 is 0 Å². The number of guanidine groups is 1. The summed E-state index contributed by atoms with van der Waals surface area (Å²) in [5.41, 5.74) is 0.365. The topological polar surface area (TPSA) is 48.9 Å². The number of aliphatic imine (C=N–C) groups is 1. The molecular weight excluding hydrogens is 300 g/mol. The lowest BCUT2D eigenvalue weighted by atomic mass is 9.83. The van der Waals surface area contributed by atoms with Gasteiger partial charge in [-0.15, -0.1) is 0 Å². The molecule has 1 aliphatic heterocycles. The van der Waals surface area contributed by atoms with Crippen molar-refractivity contribution in [3.63, 3.8) is 0 Å². The van der Waals surface area contributed by atoms with Crippen molar-refractivity contribution < 1.29 is 4.74 Å². The van der Waals surface area contributed by atoms with Gasteiger partial charge < -0.3 is 20.3 Å². The molecule has 0 aromatic carbocycles. The van der Waals surface area contributed by atoms with Gasteiger partial charge in [0.05, 0.1) is 0 Å². The number of likely N-dealkylation sites (tertiary alicyclic amines) is 1. The maximum Gasteiger partial charge on any atom is 0.191 e. The minimum Gasteiger partial charge on any atom is -0.385 e. The Hall–Kier alpha value is -0.810. The van der Waals surface area contributed by atoms with Gasteiger partial charge in [0.1, 0.15) is 0 Å². The Balaban J connectivity index is 1.86. The molecule has 1 unspecified atom stereocenters. The Morgan fingerprint density at radius 3 is 2.71 bits per heavy atom. The lowest BCUT2D eigenvalue weighted by Gasteiger charge is -2.30. The fourth-order valence-corrected chi connectivity index (χ4v) is 4.20. The first kappa shape index (κ1) is 19.5. The zero-order chi connectivity index (χ0) is 17.3. The van der Waals surface area contributed by atoms with Crippen LogP contribution in [0.3, 0.4) is 0 Å². The smallest absolute Gasteiger partial charge is 0.191 e. The number of nitrogens with one attached hydrogen (secondary N) is 2. The van der Waals surface area contributed by atoms with Gasteiger partial charge in [0, 0.05) is 39.9 Å². The SMILES string of the molecule is CCNC(=NCC1(CCOC)CCCC1)NCC1CCCN(C)C1. The molecule has 0 spiro atoms. The Morgan fingerprint density at radius 2 is 2.04 bits per heavy atom. The molecule has 1 saturated heterocycles. The van der Waals surface area contributed by atoms with Gasteiger partial charge in [0.2, 0.25) is 0 Å². The number of ether oxygens (including phenoxy) is 1. The minimum atomic E-state index is 0.365. The van der Waals surface area contributed by atoms with Crippen molar-refractivity contribution in [1.82, 2.24) is 15.5 Å². The molecule has 0 aromatic rings. The fourth-order valence-electron chi connectivity index (χ4n) is 4.20. The van der Waals surface area contributed by atoms with Crippen molar-refractivity contribution in [2.75, 3.05) is 53.5 Å². The van der Waals surface area contributed by atoms with Crippen LogP contribution in [-0.2, 0) is 4.74 Å². The van der Waals surface area contributed by atoms with E-state index < -0.39 is 0 Å². The van der Waals surface area contributed by atoms with Gasteiger partial charge in [0.25, 0.3) is 0 Å². The third-order valence-corrected chi connectivity index (χ3v) is 5.70. The number of hydrogen-bond acceptors (Lipinski definition) is 3. The Bertz CT molecular complexity index is 380. The van der Waals surface area contributed by atoms with E-state index in [0.717, 1.165) is 44.5 Å². The second kappa shape index (κ2) is 10.2. The van der Waals surface area contributed by atoms with Crippen LogP contribution in [0.4, 0.5) is 0 Å². The molecular formula is C19H38N4O. The third kappa shape index (κ3) is 6.25. The molecule has 5 heteroatoms. The van der Waals surface area contributed by atoms with Gasteiger partial charge in [-0.05, 0) is 64.0 Å². The van der Waals surface area contributed by atoms with Crippen LogP contribution >= 0.6 is 0 Å². The van der Waals surface area contributed by atoms with Gasteiger partial charge in [-0.3, -0.25) is 4.99 Å². The van der Waals surface area contributed by atoms with Crippen LogP contribution in [0.15, 0.2) is 4.99 Å². The van der Waals surface area contributed by atoms with E-state index in [9.17, 15) is 0 Å². The van der Waals surface area contributed by atoms with E-state index in [1.807, 2.05) is 0 Å². The fraction of sp³-hybridized carbons (Fsp3) is 0.947. The van der Waals surface area contributed by atoms with Crippen LogP contribution in [0, 0.1) is 11.3 Å². The molecule has 2 N–H and O–H groups in total. The zero-order valence-corrected chi connectivity index (χ0v) is 16.1. The lowest BCUT2D eigenvalue weighted by molar-refractivity contribution is 0.141. The van der Waals surface area contributed by atoms with Crippen molar-refractivity contribution >= 4 is 5.96 Å². The Labute approximate surface area is 148 Å². The summed E-state index contributed by atoms with van der Waals surface area (Å²) in [6.45, 7) is 8.31. The molecule has 0 radical (unpaired) electrons. The van der Waals surface area contributed by atoms with E-state index in [4.69, 9.17) is 9.73 Å². The van der Waals surface area contributed by atoms with E-state index in [-0.39, 0.29) is 0 Å². The highest BCUT2D eigenvalue weighted by molar-refractivity contribution is 5.79. The van der Waals surface area contributed by atoms with Crippen LogP contribution in [-0.4, -0.2) is 64.3 Å². The zero-order valence-electron chi connectivity index (χ0n) is 16.1. The highest BCUT2D eigenvalue weighted by atomic mass is 16.5. The molecule has 0 aromatic heterocycles. The normalized spacial score (nSPS) is 25.0. The number of methoxy groups -OCH3 is 1. The third-order valence-electron chi connectivity index (χ3n) is 5.70. The number of rotatable bonds is 8. The summed E-state index contributed by atoms with van der Waals surface area (Å²) >= 11 is 0. The predicted octanol–water partition coefficient (Wildman–Crippen LogP) is 2.48. The van der Waals surface area contributed by atoms with E-state index >= 15 is 0 Å². The predicted molar refractivity (Wildman–Crippen MR) is 102 cm³/mol. The maximum absolute atomic E-state index is 5.34. The van der Waals surface area contributed by atoms with E-state index in [0.29, 0.717) is 5.41 Å². The molecule has 24 heavy (non-hydrogen) atoms. The summed E-state index contributed by atoms with van der Waals surface area (Å²) in [5.74, 6) is 1.73. The quantitative estimate of drug-likeness (QED) is 0.527. The average molecular weight is 339 g/mol. The first-order valence-electron chi connectivity index (χ1n) is 9.87. The Morgan fingerprint density at radius 1 is 1.25 bits per heavy atom. The molecule has 0 amide bonds. The van der Waals surface area contributed by atoms with E-state index in [2.05, 4.69) is 29.5 Å². The number of hydrogen-bond donors (Lipinski definition) is 2. The standard InChI is InChI=1S/C19H38N4O/c1-4-20-18(21-14-17-8-7-12-23(2)15-17)22-16-19(11-13-24-3)9-5-6-10-19/h17H,4-16H2,1-3H3,(H2,20,21,22). The minimum absolute atomic E-state index is 0.365. The van der Waals surface area contributed by atoms with E-state index in [1.54, 1.807) is 7.11 Å². The van der Waals surface area contributed by atoms with Crippen LogP contribution in [0.1, 0.15) is 51.9 Å². The second-order valence-corrected chi connectivity index (χ2v) is 7.80. The maximum atomic E-state index is 5.34. The molecule has 2 aliphatic rings. The monoisotopic (exact) mass is 338 g/mol. The van der Waals surface area contributed by atoms with E-state index in [1.165, 1.54) is 51.6 Å². The van der Waals surface area contributed by atoms with Crippen LogP contribution in [0.5, 0.6) is 0 Å². The highest BCUT2D eigenvalue weighted by Gasteiger charge is 2.33. The van der Waals surface area contributed by atoms with Crippen LogP contribution in [0.25, 0.3) is 0 Å². The van der Waals surface area contributed by atoms with Crippen molar-refractivity contribution in [2.24, 2.45) is 16.3 Å². The second-order valence-electron chi connectivity index (χ2n) is 7.80. The molecule has 2 rings (SSSR count). The molecule has 0 bridgehead atoms. The number of piperidine rings is 1. The highest BCUT2D eigenvalue weighted by Crippen LogP contribution is 2.41. The first-order valence-corrected chi connectivity index (χ1v) is 9.87. The average Bonchev–Trinajstić information content (AvgIpc) is 3.05. The molecule has 5 nitrogen and oxygen atoms in total. The summed E-state index contributed by atoms with van der Waals surface area (Å²) in [7, 11) is 4.03. The molecule has 1 atom stereocenters. The number of nitrogens with zero attached hydrogens (tertiary/aromatic N) is 2. The van der Waals surface area contributed by atoms with Crippen molar-refractivity contribution in [2.45, 2.75) is 51.9 Å². The summed E-state index contributed by atoms with van der Waals surface area (Å²) in [6.07, 6.45) is 9.07. The van der Waals surface area contributed by atoms with Gasteiger partial charge in [0.15, 0.2) is 5.96 Å². The summed E-state index contributed by atoms with van der Waals surface area (Å²) in [4.78, 5) is 7.39. The van der Waals surface area contributed by atoms with Gasteiger partial charge in [-0.25, -0.2) is 0 Å². The largest absolute Gasteiger partial charge is 0.385 e. The van der Waals surface area contributed by atoms with Crippen molar-refractivity contribution in [1.29, 1.82) is 0 Å². The molecule has 2 fully saturated rings. The summed E-state index contributed by atoms with van der Waals surface area (Å²) in [5, 5.41) is 7.01. The summed E-state index contributed by atoms with van der Waals surface area (Å²) < 4.78 is 5.34. The molecule has 1 heterocycles. The van der Waals surface area contributed by atoms with Gasteiger partial charge in [-0.1, -0.05) is 12.8 Å². The molecule has 140 valence electrons. The lowest BCUT2D eigenvalue weighted by Crippen LogP contribution is -2.44. The van der Waals surface area contributed by atoms with Crippen molar-refractivity contribution in [3.05, 3.63) is 0 Å². The Kier molecular flexibility index (Phi) is 8.33.